The molecule has 24 heavy (non-hydrogen) atoms. The minimum atomic E-state index is -0.598. The summed E-state index contributed by atoms with van der Waals surface area (Å²) < 4.78 is 2.07. The highest BCUT2D eigenvalue weighted by atomic mass is 16.3. The molecule has 1 amide bonds. The SMILES string of the molecule is Cc1cnn(C2CCC(NC(=O)[C@@]34CC[C@@H](CNC3)[C@H]4O)CC2)c1. The van der Waals surface area contributed by atoms with Crippen molar-refractivity contribution in [1.82, 2.24) is 20.4 Å². The molecule has 2 saturated carbocycles. The third kappa shape index (κ3) is 2.65. The maximum absolute atomic E-state index is 12.9. The molecule has 132 valence electrons. The Labute approximate surface area is 143 Å². The third-order valence-electron chi connectivity index (χ3n) is 6.41. The number of hydrogen-bond acceptors (Lipinski definition) is 4. The number of rotatable bonds is 3. The molecule has 2 bridgehead atoms. The second kappa shape index (κ2) is 6.15. The summed E-state index contributed by atoms with van der Waals surface area (Å²) in [5.41, 5.74) is 0.595. The highest BCUT2D eigenvalue weighted by Gasteiger charge is 2.55. The van der Waals surface area contributed by atoms with Crippen molar-refractivity contribution in [3.05, 3.63) is 18.0 Å². The van der Waals surface area contributed by atoms with Crippen LogP contribution in [0.1, 0.15) is 50.1 Å². The number of carbonyl (C=O) groups excluding carboxylic acids is 1. The summed E-state index contributed by atoms with van der Waals surface area (Å²) in [6.07, 6.45) is 9.34. The fourth-order valence-electron chi connectivity index (χ4n) is 4.86. The van der Waals surface area contributed by atoms with Gasteiger partial charge in [-0.3, -0.25) is 9.48 Å². The second-order valence-electron chi connectivity index (χ2n) is 8.01. The second-order valence-corrected chi connectivity index (χ2v) is 8.01. The number of fused-ring (bicyclic) bond motifs is 2. The lowest BCUT2D eigenvalue weighted by atomic mass is 9.78. The smallest absolute Gasteiger partial charge is 0.230 e. The van der Waals surface area contributed by atoms with E-state index in [-0.39, 0.29) is 17.9 Å². The molecule has 1 aromatic rings. The zero-order valence-electron chi connectivity index (χ0n) is 14.4. The van der Waals surface area contributed by atoms with Crippen LogP contribution in [0.15, 0.2) is 12.4 Å². The monoisotopic (exact) mass is 332 g/mol. The predicted molar refractivity (Wildman–Crippen MR) is 90.4 cm³/mol. The third-order valence-corrected chi connectivity index (χ3v) is 6.41. The Hall–Kier alpha value is -1.40. The Morgan fingerprint density at radius 1 is 1.38 bits per heavy atom. The summed E-state index contributed by atoms with van der Waals surface area (Å²) in [4.78, 5) is 12.9. The minimum Gasteiger partial charge on any atom is -0.392 e. The van der Waals surface area contributed by atoms with E-state index in [4.69, 9.17) is 0 Å². The predicted octanol–water partition coefficient (Wildman–Crippen LogP) is 1.15. The Bertz CT molecular complexity index is 604. The van der Waals surface area contributed by atoms with Gasteiger partial charge in [0.25, 0.3) is 0 Å². The molecule has 6 heteroatoms. The molecule has 2 aliphatic carbocycles. The van der Waals surface area contributed by atoms with E-state index in [1.807, 2.05) is 6.20 Å². The molecule has 1 aliphatic heterocycles. The van der Waals surface area contributed by atoms with Crippen molar-refractivity contribution in [1.29, 1.82) is 0 Å². The number of aromatic nitrogens is 2. The van der Waals surface area contributed by atoms with Gasteiger partial charge in [0.1, 0.15) is 0 Å². The largest absolute Gasteiger partial charge is 0.392 e. The number of piperidine rings is 1. The van der Waals surface area contributed by atoms with Gasteiger partial charge in [0, 0.05) is 25.3 Å². The van der Waals surface area contributed by atoms with Crippen molar-refractivity contribution in [3.63, 3.8) is 0 Å². The molecular formula is C18H28N4O2. The molecular weight excluding hydrogens is 304 g/mol. The number of carbonyl (C=O) groups is 1. The van der Waals surface area contributed by atoms with E-state index >= 15 is 0 Å². The van der Waals surface area contributed by atoms with Gasteiger partial charge in [0.15, 0.2) is 0 Å². The van der Waals surface area contributed by atoms with Crippen molar-refractivity contribution < 1.29 is 9.90 Å². The number of nitrogens with zero attached hydrogens (tertiary/aromatic N) is 2. The van der Waals surface area contributed by atoms with Crippen molar-refractivity contribution in [3.8, 4) is 0 Å². The zero-order valence-corrected chi connectivity index (χ0v) is 14.4. The molecule has 3 fully saturated rings. The van der Waals surface area contributed by atoms with E-state index in [2.05, 4.69) is 33.5 Å². The Kier molecular flexibility index (Phi) is 4.12. The van der Waals surface area contributed by atoms with E-state index in [0.717, 1.165) is 45.1 Å². The molecule has 3 atom stereocenters. The standard InChI is InChI=1S/C18H28N4O2/c1-12-8-20-22(10-12)15-4-2-14(3-5-15)21-17(24)18-7-6-13(16(18)23)9-19-11-18/h8,10,13-16,19,23H,2-7,9,11H2,1H3,(H,21,24)/t13-,14?,15?,16+,18-/m0/s1. The summed E-state index contributed by atoms with van der Waals surface area (Å²) in [6.45, 7) is 3.51. The van der Waals surface area contributed by atoms with Gasteiger partial charge in [0.2, 0.25) is 5.91 Å². The number of nitrogens with one attached hydrogen (secondary N) is 2. The van der Waals surface area contributed by atoms with Crippen molar-refractivity contribution in [2.45, 2.75) is 63.6 Å². The van der Waals surface area contributed by atoms with Crippen molar-refractivity contribution in [2.24, 2.45) is 11.3 Å². The molecule has 6 nitrogen and oxygen atoms in total. The van der Waals surface area contributed by atoms with Crippen LogP contribution in [0.2, 0.25) is 0 Å². The van der Waals surface area contributed by atoms with Crippen LogP contribution in [0, 0.1) is 18.3 Å². The lowest BCUT2D eigenvalue weighted by molar-refractivity contribution is -0.139. The molecule has 3 aliphatic rings. The van der Waals surface area contributed by atoms with Gasteiger partial charge < -0.3 is 15.7 Å². The average Bonchev–Trinajstić information content (AvgIpc) is 3.06. The number of aliphatic hydroxyl groups is 1. The molecule has 0 spiro atoms. The lowest BCUT2D eigenvalue weighted by Gasteiger charge is -2.39. The van der Waals surface area contributed by atoms with Crippen LogP contribution in [0.25, 0.3) is 0 Å². The zero-order chi connectivity index (χ0) is 16.7. The number of aryl methyl sites for hydroxylation is 1. The van der Waals surface area contributed by atoms with Crippen LogP contribution in [0.5, 0.6) is 0 Å². The van der Waals surface area contributed by atoms with E-state index in [1.54, 1.807) is 0 Å². The molecule has 0 unspecified atom stereocenters. The van der Waals surface area contributed by atoms with Gasteiger partial charge in [0.05, 0.1) is 23.8 Å². The number of amides is 1. The minimum absolute atomic E-state index is 0.0584. The number of hydrogen-bond donors (Lipinski definition) is 3. The van der Waals surface area contributed by atoms with Crippen LogP contribution in [-0.4, -0.2) is 46.0 Å². The van der Waals surface area contributed by atoms with Crippen LogP contribution >= 0.6 is 0 Å². The van der Waals surface area contributed by atoms with Crippen LogP contribution in [0.4, 0.5) is 0 Å². The summed E-state index contributed by atoms with van der Waals surface area (Å²) in [7, 11) is 0. The van der Waals surface area contributed by atoms with E-state index in [1.165, 1.54) is 5.56 Å². The lowest BCUT2D eigenvalue weighted by Crippen LogP contribution is -2.58. The quantitative estimate of drug-likeness (QED) is 0.776. The van der Waals surface area contributed by atoms with Crippen molar-refractivity contribution in [2.75, 3.05) is 13.1 Å². The Morgan fingerprint density at radius 2 is 2.17 bits per heavy atom. The van der Waals surface area contributed by atoms with Crippen molar-refractivity contribution >= 4 is 5.91 Å². The summed E-state index contributed by atoms with van der Waals surface area (Å²) in [6, 6.07) is 0.677. The molecule has 0 radical (unpaired) electrons. The normalized spacial score (nSPS) is 38.9. The first-order valence-electron chi connectivity index (χ1n) is 9.29. The number of aliphatic hydroxyl groups excluding tert-OH is 1. The first-order chi connectivity index (χ1) is 11.6. The fourth-order valence-corrected chi connectivity index (χ4v) is 4.86. The van der Waals surface area contributed by atoms with Gasteiger partial charge in [-0.25, -0.2) is 0 Å². The highest BCUT2D eigenvalue weighted by molar-refractivity contribution is 5.84. The van der Waals surface area contributed by atoms with E-state index in [9.17, 15) is 9.90 Å². The fraction of sp³-hybridized carbons (Fsp3) is 0.778. The molecule has 1 aromatic heterocycles. The maximum atomic E-state index is 12.9. The van der Waals surface area contributed by atoms with Gasteiger partial charge in [-0.1, -0.05) is 0 Å². The highest BCUT2D eigenvalue weighted by Crippen LogP contribution is 2.44. The Balaban J connectivity index is 1.34. The summed E-state index contributed by atoms with van der Waals surface area (Å²) in [5.74, 6) is 0.298. The molecule has 1 saturated heterocycles. The molecule has 2 heterocycles. The van der Waals surface area contributed by atoms with Gasteiger partial charge in [-0.2, -0.15) is 5.10 Å². The van der Waals surface area contributed by atoms with Gasteiger partial charge in [-0.15, -0.1) is 0 Å². The van der Waals surface area contributed by atoms with E-state index in [0.29, 0.717) is 12.6 Å². The van der Waals surface area contributed by atoms with Crippen LogP contribution in [0.3, 0.4) is 0 Å². The van der Waals surface area contributed by atoms with E-state index < -0.39 is 11.5 Å². The Morgan fingerprint density at radius 3 is 2.88 bits per heavy atom. The summed E-state index contributed by atoms with van der Waals surface area (Å²) >= 11 is 0. The maximum Gasteiger partial charge on any atom is 0.230 e. The summed E-state index contributed by atoms with van der Waals surface area (Å²) in [5, 5.41) is 21.5. The van der Waals surface area contributed by atoms with Gasteiger partial charge >= 0.3 is 0 Å². The first kappa shape index (κ1) is 16.1. The molecule has 3 N–H and O–H groups in total. The van der Waals surface area contributed by atoms with Crippen LogP contribution in [-0.2, 0) is 4.79 Å². The topological polar surface area (TPSA) is 79.2 Å². The van der Waals surface area contributed by atoms with Crippen LogP contribution < -0.4 is 10.6 Å². The average molecular weight is 332 g/mol. The first-order valence-corrected chi connectivity index (χ1v) is 9.29. The molecule has 4 rings (SSSR count). The van der Waals surface area contributed by atoms with Gasteiger partial charge in [-0.05, 0) is 56.9 Å². The molecule has 0 aromatic carbocycles.